The summed E-state index contributed by atoms with van der Waals surface area (Å²) in [5.74, 6) is 0.845. The third-order valence-corrected chi connectivity index (χ3v) is 4.33. The van der Waals surface area contributed by atoms with E-state index in [1.807, 2.05) is 32.1 Å². The fourth-order valence-corrected chi connectivity index (χ4v) is 2.98. The Morgan fingerprint density at radius 3 is 2.63 bits per heavy atom. The molecule has 0 spiro atoms. The molecular formula is C20H27FIN3O2. The SMILES string of the molecule is CC.N#Cc1ccc(COC2=CC=CC(C3CCNCC3)N2)c(F)c1.OI. The largest absolute Gasteiger partial charge is 0.474 e. The van der Waals surface area contributed by atoms with Crippen LogP contribution in [0.2, 0.25) is 0 Å². The highest BCUT2D eigenvalue weighted by Gasteiger charge is 2.23. The Bertz CT molecular complexity index is 668. The molecule has 5 nitrogen and oxygen atoms in total. The van der Waals surface area contributed by atoms with E-state index in [0.717, 1.165) is 48.9 Å². The maximum absolute atomic E-state index is 13.9. The van der Waals surface area contributed by atoms with E-state index >= 15 is 0 Å². The minimum absolute atomic E-state index is 0.142. The summed E-state index contributed by atoms with van der Waals surface area (Å²) in [6.07, 6.45) is 8.29. The van der Waals surface area contributed by atoms with E-state index in [0.29, 0.717) is 22.9 Å². The number of rotatable bonds is 4. The normalized spacial score (nSPS) is 18.5. The van der Waals surface area contributed by atoms with Gasteiger partial charge < -0.3 is 18.8 Å². The zero-order valence-electron chi connectivity index (χ0n) is 15.7. The van der Waals surface area contributed by atoms with Gasteiger partial charge in [0.1, 0.15) is 35.4 Å². The first kappa shape index (κ1) is 23.4. The molecule has 2 aliphatic heterocycles. The number of hydrogen-bond acceptors (Lipinski definition) is 5. The molecule has 1 atom stereocenters. The van der Waals surface area contributed by atoms with Gasteiger partial charge in [0.15, 0.2) is 5.88 Å². The molecule has 0 saturated carbocycles. The molecule has 27 heavy (non-hydrogen) atoms. The molecule has 7 heteroatoms. The number of benzene rings is 1. The van der Waals surface area contributed by atoms with Crippen molar-refractivity contribution < 1.29 is 12.6 Å². The molecular weight excluding hydrogens is 460 g/mol. The lowest BCUT2D eigenvalue weighted by molar-refractivity contribution is 0.159. The van der Waals surface area contributed by atoms with Crippen molar-refractivity contribution in [2.75, 3.05) is 13.1 Å². The molecule has 0 aliphatic carbocycles. The molecule has 3 N–H and O–H groups in total. The van der Waals surface area contributed by atoms with Crippen molar-refractivity contribution in [1.29, 1.82) is 5.26 Å². The van der Waals surface area contributed by atoms with Crippen molar-refractivity contribution >= 4 is 23.0 Å². The number of nitrogens with one attached hydrogen (secondary N) is 2. The lowest BCUT2D eigenvalue weighted by atomic mass is 9.89. The number of piperidine rings is 1. The number of ether oxygens (including phenoxy) is 1. The standard InChI is InChI=1S/C18H20FN3O.C2H6.HIO/c19-16-10-13(11-20)4-5-15(16)12-23-18-3-1-2-17(22-18)14-6-8-21-9-7-14;2*1-2/h1-5,10,14,17,21-22H,6-9,12H2;1-2H3;2H. The Kier molecular flexibility index (Phi) is 11.7. The molecule has 3 rings (SSSR count). The first-order chi connectivity index (χ1) is 13.3. The Morgan fingerprint density at radius 1 is 1.30 bits per heavy atom. The van der Waals surface area contributed by atoms with Gasteiger partial charge in [-0.1, -0.05) is 32.1 Å². The van der Waals surface area contributed by atoms with Crippen LogP contribution in [0.5, 0.6) is 0 Å². The van der Waals surface area contributed by atoms with Crippen LogP contribution in [-0.2, 0) is 11.3 Å². The third kappa shape index (κ3) is 7.48. The maximum atomic E-state index is 13.9. The lowest BCUT2D eigenvalue weighted by Gasteiger charge is -2.32. The summed E-state index contributed by atoms with van der Waals surface area (Å²) in [5, 5.41) is 15.5. The molecule has 148 valence electrons. The zero-order valence-corrected chi connectivity index (χ0v) is 17.9. The summed E-state index contributed by atoms with van der Waals surface area (Å²) in [6.45, 7) is 6.24. The first-order valence-corrected chi connectivity index (χ1v) is 10.1. The molecule has 2 heterocycles. The number of nitrogens with zero attached hydrogens (tertiary/aromatic N) is 1. The minimum Gasteiger partial charge on any atom is -0.474 e. The number of nitriles is 1. The predicted octanol–water partition coefficient (Wildman–Crippen LogP) is 3.94. The zero-order chi connectivity index (χ0) is 20.1. The van der Waals surface area contributed by atoms with Gasteiger partial charge in [0.05, 0.1) is 17.7 Å². The van der Waals surface area contributed by atoms with Gasteiger partial charge in [0.25, 0.3) is 0 Å². The second-order valence-corrected chi connectivity index (χ2v) is 5.88. The van der Waals surface area contributed by atoms with Crippen LogP contribution in [0.3, 0.4) is 0 Å². The van der Waals surface area contributed by atoms with Crippen LogP contribution in [-0.4, -0.2) is 22.6 Å². The fraction of sp³-hybridized carbons (Fsp3) is 0.450. The molecule has 2 aliphatic rings. The van der Waals surface area contributed by atoms with Gasteiger partial charge in [-0.15, -0.1) is 0 Å². The van der Waals surface area contributed by atoms with Gasteiger partial charge in [0, 0.05) is 5.56 Å². The molecule has 1 aromatic rings. The number of halogens is 2. The topological polar surface area (TPSA) is 77.3 Å². The summed E-state index contributed by atoms with van der Waals surface area (Å²) < 4.78 is 26.5. The van der Waals surface area contributed by atoms with Gasteiger partial charge in [-0.05, 0) is 50.1 Å². The quantitative estimate of drug-likeness (QED) is 0.561. The highest BCUT2D eigenvalue weighted by atomic mass is 127. The van der Waals surface area contributed by atoms with Crippen LogP contribution >= 0.6 is 23.0 Å². The number of allylic oxidation sites excluding steroid dienone is 2. The minimum atomic E-state index is -0.411. The second-order valence-electron chi connectivity index (χ2n) is 5.88. The lowest BCUT2D eigenvalue weighted by Crippen LogP contribution is -2.41. The van der Waals surface area contributed by atoms with E-state index in [-0.39, 0.29) is 12.6 Å². The van der Waals surface area contributed by atoms with Crippen LogP contribution in [0.1, 0.15) is 37.8 Å². The van der Waals surface area contributed by atoms with Crippen molar-refractivity contribution in [1.82, 2.24) is 10.6 Å². The smallest absolute Gasteiger partial charge is 0.187 e. The predicted molar refractivity (Wildman–Crippen MR) is 113 cm³/mol. The average molecular weight is 487 g/mol. The third-order valence-electron chi connectivity index (χ3n) is 4.33. The van der Waals surface area contributed by atoms with E-state index in [1.54, 1.807) is 12.1 Å². The van der Waals surface area contributed by atoms with Gasteiger partial charge >= 0.3 is 0 Å². The maximum Gasteiger partial charge on any atom is 0.187 e. The van der Waals surface area contributed by atoms with Crippen LogP contribution in [0.15, 0.2) is 42.3 Å². The van der Waals surface area contributed by atoms with Gasteiger partial charge in [-0.3, -0.25) is 0 Å². The van der Waals surface area contributed by atoms with Crippen molar-refractivity contribution in [2.45, 2.75) is 39.3 Å². The van der Waals surface area contributed by atoms with E-state index in [2.05, 4.69) is 16.7 Å². The van der Waals surface area contributed by atoms with E-state index in [4.69, 9.17) is 13.4 Å². The molecule has 1 saturated heterocycles. The van der Waals surface area contributed by atoms with Crippen molar-refractivity contribution in [2.24, 2.45) is 5.92 Å². The Balaban J connectivity index is 0.000000855. The van der Waals surface area contributed by atoms with Gasteiger partial charge in [0.2, 0.25) is 0 Å². The highest BCUT2D eigenvalue weighted by Crippen LogP contribution is 2.21. The molecule has 0 aromatic heterocycles. The van der Waals surface area contributed by atoms with Crippen molar-refractivity contribution in [3.05, 3.63) is 59.3 Å². The summed E-state index contributed by atoms with van der Waals surface area (Å²) in [5.41, 5.74) is 0.759. The van der Waals surface area contributed by atoms with E-state index in [1.165, 1.54) is 6.07 Å². The Hall–Kier alpha value is -1.63. The fourth-order valence-electron chi connectivity index (χ4n) is 2.98. The highest BCUT2D eigenvalue weighted by molar-refractivity contribution is 14.1. The summed E-state index contributed by atoms with van der Waals surface area (Å²) in [7, 11) is 0. The Morgan fingerprint density at radius 2 is 2.00 bits per heavy atom. The number of hydrogen-bond donors (Lipinski definition) is 3. The van der Waals surface area contributed by atoms with Crippen LogP contribution in [0.4, 0.5) is 4.39 Å². The first-order valence-electron chi connectivity index (χ1n) is 9.10. The summed E-state index contributed by atoms with van der Waals surface area (Å²) in [4.78, 5) is 0. The molecule has 0 radical (unpaired) electrons. The molecule has 0 bridgehead atoms. The molecule has 1 aromatic carbocycles. The molecule has 1 fully saturated rings. The second kappa shape index (κ2) is 13.5. The van der Waals surface area contributed by atoms with Gasteiger partial charge in [-0.25, -0.2) is 4.39 Å². The number of dihydropyridines is 1. The molecule has 1 unspecified atom stereocenters. The average Bonchev–Trinajstić information content (AvgIpc) is 2.76. The summed E-state index contributed by atoms with van der Waals surface area (Å²) >= 11 is 1.15. The van der Waals surface area contributed by atoms with Crippen LogP contribution in [0.25, 0.3) is 0 Å². The van der Waals surface area contributed by atoms with Crippen LogP contribution in [0, 0.1) is 23.1 Å². The summed E-state index contributed by atoms with van der Waals surface area (Å²) in [6, 6.07) is 6.62. The van der Waals surface area contributed by atoms with E-state index < -0.39 is 5.82 Å². The molecule has 0 amide bonds. The van der Waals surface area contributed by atoms with Crippen molar-refractivity contribution in [3.63, 3.8) is 0 Å². The van der Waals surface area contributed by atoms with E-state index in [9.17, 15) is 4.39 Å². The van der Waals surface area contributed by atoms with Gasteiger partial charge in [-0.2, -0.15) is 5.26 Å². The Labute approximate surface area is 175 Å². The van der Waals surface area contributed by atoms with Crippen LogP contribution < -0.4 is 10.6 Å². The monoisotopic (exact) mass is 487 g/mol. The van der Waals surface area contributed by atoms with Crippen molar-refractivity contribution in [3.8, 4) is 6.07 Å².